The van der Waals surface area contributed by atoms with Gasteiger partial charge in [0.2, 0.25) is 5.91 Å². The van der Waals surface area contributed by atoms with E-state index in [0.29, 0.717) is 5.56 Å². The van der Waals surface area contributed by atoms with Gasteiger partial charge in [0, 0.05) is 6.42 Å². The maximum absolute atomic E-state index is 14.2. The van der Waals surface area contributed by atoms with Crippen molar-refractivity contribution in [3.63, 3.8) is 0 Å². The Hall–Kier alpha value is -3.47. The highest BCUT2D eigenvalue weighted by Crippen LogP contribution is 2.32. The molecule has 0 spiro atoms. The molecule has 1 atom stereocenters. The highest BCUT2D eigenvalue weighted by Gasteiger charge is 2.39. The molecular formula is C25H24FNO3. The highest BCUT2D eigenvalue weighted by molar-refractivity contribution is 5.94. The van der Waals surface area contributed by atoms with Crippen LogP contribution in [0, 0.1) is 5.82 Å². The number of esters is 1. The van der Waals surface area contributed by atoms with Crippen molar-refractivity contribution in [3.8, 4) is 0 Å². The molecule has 0 radical (unpaired) electrons. The van der Waals surface area contributed by atoms with E-state index in [9.17, 15) is 14.0 Å². The Morgan fingerprint density at radius 1 is 0.900 bits per heavy atom. The number of ether oxygens (including phenoxy) is 1. The lowest BCUT2D eigenvalue weighted by Crippen LogP contribution is -2.51. The molecule has 0 saturated heterocycles. The number of hydrogen-bond acceptors (Lipinski definition) is 3. The van der Waals surface area contributed by atoms with Crippen LogP contribution in [0.2, 0.25) is 0 Å². The fourth-order valence-corrected chi connectivity index (χ4v) is 3.49. The second kappa shape index (κ2) is 9.35. The van der Waals surface area contributed by atoms with E-state index < -0.39 is 23.2 Å². The van der Waals surface area contributed by atoms with Gasteiger partial charge in [0.25, 0.3) is 0 Å². The normalized spacial score (nSPS) is 12.1. The monoisotopic (exact) mass is 405 g/mol. The van der Waals surface area contributed by atoms with Crippen molar-refractivity contribution in [2.45, 2.75) is 24.8 Å². The van der Waals surface area contributed by atoms with E-state index in [1.54, 1.807) is 18.2 Å². The summed E-state index contributed by atoms with van der Waals surface area (Å²) in [6, 6.07) is 23.8. The lowest BCUT2D eigenvalue weighted by atomic mass is 9.75. The van der Waals surface area contributed by atoms with Crippen LogP contribution in [-0.2, 0) is 26.2 Å². The summed E-state index contributed by atoms with van der Waals surface area (Å²) in [4.78, 5) is 26.0. The van der Waals surface area contributed by atoms with Gasteiger partial charge < -0.3 is 10.1 Å². The fraction of sp³-hybridized carbons (Fsp3) is 0.200. The molecule has 3 aromatic rings. The molecule has 5 heteroatoms. The molecule has 0 bridgehead atoms. The van der Waals surface area contributed by atoms with Crippen molar-refractivity contribution < 1.29 is 18.7 Å². The molecule has 4 nitrogen and oxygen atoms in total. The maximum Gasteiger partial charge on any atom is 0.328 e. The zero-order valence-corrected chi connectivity index (χ0v) is 17.0. The zero-order valence-electron chi connectivity index (χ0n) is 17.0. The Balaban J connectivity index is 1.97. The quantitative estimate of drug-likeness (QED) is 0.604. The van der Waals surface area contributed by atoms with Gasteiger partial charge in [-0.25, -0.2) is 9.18 Å². The summed E-state index contributed by atoms with van der Waals surface area (Å²) in [6.07, 6.45) is -0.00918. The van der Waals surface area contributed by atoms with Crippen molar-refractivity contribution in [2.75, 3.05) is 7.11 Å². The Labute approximate surface area is 175 Å². The molecule has 3 aromatic carbocycles. The molecule has 0 heterocycles. The van der Waals surface area contributed by atoms with Gasteiger partial charge in [-0.3, -0.25) is 4.79 Å². The van der Waals surface area contributed by atoms with Crippen LogP contribution in [0.1, 0.15) is 23.6 Å². The Morgan fingerprint density at radius 3 is 1.90 bits per heavy atom. The van der Waals surface area contributed by atoms with E-state index in [1.807, 2.05) is 67.6 Å². The van der Waals surface area contributed by atoms with Gasteiger partial charge in [-0.1, -0.05) is 78.9 Å². The van der Waals surface area contributed by atoms with Crippen LogP contribution in [-0.4, -0.2) is 25.0 Å². The Bertz CT molecular complexity index is 966. The van der Waals surface area contributed by atoms with E-state index in [4.69, 9.17) is 4.74 Å². The lowest BCUT2D eigenvalue weighted by molar-refractivity contribution is -0.145. The minimum atomic E-state index is -1.05. The van der Waals surface area contributed by atoms with Gasteiger partial charge in [-0.15, -0.1) is 0 Å². The maximum atomic E-state index is 14.2. The number of amides is 1. The van der Waals surface area contributed by atoms with Crippen LogP contribution in [0.5, 0.6) is 0 Å². The average Bonchev–Trinajstić information content (AvgIpc) is 2.80. The van der Waals surface area contributed by atoms with E-state index >= 15 is 0 Å². The van der Waals surface area contributed by atoms with Crippen molar-refractivity contribution in [2.24, 2.45) is 0 Å². The Morgan fingerprint density at radius 2 is 1.40 bits per heavy atom. The van der Waals surface area contributed by atoms with Crippen LogP contribution >= 0.6 is 0 Å². The number of halogens is 1. The molecule has 0 aliphatic heterocycles. The smallest absolute Gasteiger partial charge is 0.328 e. The second-order valence-electron chi connectivity index (χ2n) is 7.20. The third kappa shape index (κ3) is 4.40. The average molecular weight is 405 g/mol. The molecule has 154 valence electrons. The first-order valence-corrected chi connectivity index (χ1v) is 9.70. The van der Waals surface area contributed by atoms with E-state index in [0.717, 1.165) is 11.1 Å². The minimum Gasteiger partial charge on any atom is -0.467 e. The summed E-state index contributed by atoms with van der Waals surface area (Å²) in [5.74, 6) is -1.43. The summed E-state index contributed by atoms with van der Waals surface area (Å²) in [6.45, 7) is 1.81. The predicted molar refractivity (Wildman–Crippen MR) is 113 cm³/mol. The molecule has 0 aliphatic rings. The van der Waals surface area contributed by atoms with Crippen LogP contribution in [0.15, 0.2) is 84.9 Å². The molecule has 3 rings (SSSR count). The number of nitrogens with one attached hydrogen (secondary N) is 1. The van der Waals surface area contributed by atoms with Gasteiger partial charge in [0.05, 0.1) is 12.5 Å². The molecule has 30 heavy (non-hydrogen) atoms. The van der Waals surface area contributed by atoms with Gasteiger partial charge in [-0.05, 0) is 29.7 Å². The van der Waals surface area contributed by atoms with Gasteiger partial charge in [0.15, 0.2) is 0 Å². The van der Waals surface area contributed by atoms with Crippen LogP contribution in [0.3, 0.4) is 0 Å². The van der Waals surface area contributed by atoms with Gasteiger partial charge >= 0.3 is 5.97 Å². The van der Waals surface area contributed by atoms with Crippen molar-refractivity contribution >= 4 is 11.9 Å². The molecular weight excluding hydrogens is 381 g/mol. The summed E-state index contributed by atoms with van der Waals surface area (Å²) >= 11 is 0. The van der Waals surface area contributed by atoms with Crippen molar-refractivity contribution in [1.82, 2.24) is 5.32 Å². The number of rotatable bonds is 7. The summed E-state index contributed by atoms with van der Waals surface area (Å²) < 4.78 is 19.0. The standard InChI is InChI=1S/C25H24FNO3/c1-25(19-12-5-3-6-13-19,20-14-7-4-8-15-20)24(29)27-22(23(28)30-2)17-18-11-9-10-16-21(18)26/h3-16,22H,17H2,1-2H3,(H,27,29)/t22-/m1/s1. The zero-order chi connectivity index (χ0) is 21.6. The van der Waals surface area contributed by atoms with Crippen LogP contribution in [0.25, 0.3) is 0 Å². The fourth-order valence-electron chi connectivity index (χ4n) is 3.49. The molecule has 0 aromatic heterocycles. The minimum absolute atomic E-state index is 0.00918. The van der Waals surface area contributed by atoms with E-state index in [2.05, 4.69) is 5.32 Å². The SMILES string of the molecule is COC(=O)[C@@H](Cc1ccccc1F)NC(=O)C(C)(c1ccccc1)c1ccccc1. The summed E-state index contributed by atoms with van der Waals surface area (Å²) in [7, 11) is 1.25. The van der Waals surface area contributed by atoms with E-state index in [1.165, 1.54) is 13.2 Å². The lowest BCUT2D eigenvalue weighted by Gasteiger charge is -2.31. The largest absolute Gasteiger partial charge is 0.467 e. The number of benzene rings is 3. The summed E-state index contributed by atoms with van der Waals surface area (Å²) in [5, 5.41) is 2.80. The van der Waals surface area contributed by atoms with Crippen LogP contribution in [0.4, 0.5) is 4.39 Å². The summed E-state index contributed by atoms with van der Waals surface area (Å²) in [5.41, 5.74) is 0.838. The first kappa shape index (κ1) is 21.2. The van der Waals surface area contributed by atoms with Crippen molar-refractivity contribution in [1.29, 1.82) is 0 Å². The van der Waals surface area contributed by atoms with E-state index in [-0.39, 0.29) is 12.3 Å². The number of methoxy groups -OCH3 is 1. The number of carbonyl (C=O) groups is 2. The molecule has 0 saturated carbocycles. The third-order valence-corrected chi connectivity index (χ3v) is 5.33. The van der Waals surface area contributed by atoms with Crippen LogP contribution < -0.4 is 5.32 Å². The molecule has 1 amide bonds. The first-order chi connectivity index (χ1) is 14.5. The number of hydrogen-bond donors (Lipinski definition) is 1. The Kier molecular flexibility index (Phi) is 6.62. The number of carbonyl (C=O) groups excluding carboxylic acids is 2. The first-order valence-electron chi connectivity index (χ1n) is 9.70. The van der Waals surface area contributed by atoms with Gasteiger partial charge in [-0.2, -0.15) is 0 Å². The third-order valence-electron chi connectivity index (χ3n) is 5.33. The highest BCUT2D eigenvalue weighted by atomic mass is 19.1. The molecule has 0 aliphatic carbocycles. The van der Waals surface area contributed by atoms with Crippen molar-refractivity contribution in [3.05, 3.63) is 107 Å². The molecule has 1 N–H and O–H groups in total. The van der Waals surface area contributed by atoms with Gasteiger partial charge in [0.1, 0.15) is 11.9 Å². The second-order valence-corrected chi connectivity index (χ2v) is 7.20. The molecule has 0 fully saturated rings. The predicted octanol–water partition coefficient (Wildman–Crippen LogP) is 4.03. The topological polar surface area (TPSA) is 55.4 Å². The molecule has 0 unspecified atom stereocenters.